The highest BCUT2D eigenvalue weighted by atomic mass is 32.3. The molecule has 2 unspecified atom stereocenters. The summed E-state index contributed by atoms with van der Waals surface area (Å²) in [6.45, 7) is 3.46. The predicted octanol–water partition coefficient (Wildman–Crippen LogP) is 1.83. The molecular formula is C16H17N3O4S. The molecule has 1 saturated heterocycles. The Morgan fingerprint density at radius 2 is 2.12 bits per heavy atom. The maximum atomic E-state index is 13.1. The summed E-state index contributed by atoms with van der Waals surface area (Å²) < 4.78 is 32.5. The summed E-state index contributed by atoms with van der Waals surface area (Å²) in [4.78, 5) is 12.8. The molecule has 1 N–H and O–H groups in total. The van der Waals surface area contributed by atoms with E-state index >= 15 is 0 Å². The summed E-state index contributed by atoms with van der Waals surface area (Å²) in [6.07, 6.45) is 0.868. The van der Waals surface area contributed by atoms with Gasteiger partial charge in [0.05, 0.1) is 0 Å². The lowest BCUT2D eigenvalue weighted by molar-refractivity contribution is -0.131. The Hall–Kier alpha value is -2.03. The van der Waals surface area contributed by atoms with Crippen molar-refractivity contribution in [3.05, 3.63) is 41.3 Å². The average Bonchev–Trinajstić information content (AvgIpc) is 2.84. The lowest BCUT2D eigenvalue weighted by Crippen LogP contribution is -2.71. The Balaban J connectivity index is 1.76. The van der Waals surface area contributed by atoms with Crippen LogP contribution in [0.5, 0.6) is 0 Å². The van der Waals surface area contributed by atoms with Crippen molar-refractivity contribution < 1.29 is 18.1 Å². The second kappa shape index (κ2) is 4.98. The summed E-state index contributed by atoms with van der Waals surface area (Å²) >= 11 is 0. The van der Waals surface area contributed by atoms with Crippen LogP contribution in [0.4, 0.5) is 5.69 Å². The number of nitrogens with one attached hydrogen (secondary N) is 1. The quantitative estimate of drug-likeness (QED) is 0.836. The molecule has 8 heteroatoms. The Kier molecular flexibility index (Phi) is 3.22. The number of aromatic nitrogens is 1. The highest BCUT2D eigenvalue weighted by Gasteiger charge is 2.62. The number of hydrogen-bond donors (Lipinski definition) is 1. The first-order valence-corrected chi connectivity index (χ1v) is 9.15. The number of carbonyl (C=O) groups is 1. The molecule has 1 aromatic carbocycles. The molecule has 1 aromatic heterocycles. The minimum Gasteiger partial charge on any atom is -0.593 e. The first-order chi connectivity index (χ1) is 11.4. The van der Waals surface area contributed by atoms with E-state index in [4.69, 9.17) is 4.52 Å². The van der Waals surface area contributed by atoms with E-state index in [1.807, 2.05) is 24.3 Å². The molecule has 2 aliphatic heterocycles. The highest BCUT2D eigenvalue weighted by Crippen LogP contribution is 2.46. The molecule has 2 aliphatic rings. The molecule has 24 heavy (non-hydrogen) atoms. The molecule has 2 atom stereocenters. The maximum absolute atomic E-state index is 13.1. The minimum absolute atomic E-state index is 0.0632. The van der Waals surface area contributed by atoms with Gasteiger partial charge in [0, 0.05) is 25.6 Å². The summed E-state index contributed by atoms with van der Waals surface area (Å²) in [7, 11) is -3.85. The maximum Gasteiger partial charge on any atom is 0.249 e. The molecule has 126 valence electrons. The van der Waals surface area contributed by atoms with Crippen molar-refractivity contribution in [3.63, 3.8) is 0 Å². The van der Waals surface area contributed by atoms with Crippen molar-refractivity contribution in [3.8, 4) is 0 Å². The number of rotatable bonds is 2. The number of aryl methyl sites for hydroxylation is 2. The van der Waals surface area contributed by atoms with Gasteiger partial charge in [-0.2, -0.15) is 0 Å². The van der Waals surface area contributed by atoms with E-state index < -0.39 is 15.9 Å². The van der Waals surface area contributed by atoms with Gasteiger partial charge in [-0.05, 0) is 25.0 Å². The van der Waals surface area contributed by atoms with Crippen LogP contribution in [0.3, 0.4) is 0 Å². The second-order valence-corrected chi connectivity index (χ2v) is 8.10. The van der Waals surface area contributed by atoms with Crippen LogP contribution in [-0.2, 0) is 25.8 Å². The van der Waals surface area contributed by atoms with E-state index in [0.29, 0.717) is 25.1 Å². The van der Waals surface area contributed by atoms with Crippen LogP contribution in [-0.4, -0.2) is 32.0 Å². The smallest absolute Gasteiger partial charge is 0.249 e. The van der Waals surface area contributed by atoms with Crippen LogP contribution in [0, 0.1) is 13.8 Å². The fourth-order valence-electron chi connectivity index (χ4n) is 3.61. The highest BCUT2D eigenvalue weighted by molar-refractivity contribution is 7.95. The number of hydrogen-bond acceptors (Lipinski definition) is 5. The molecule has 2 aromatic rings. The normalized spacial score (nSPS) is 25.7. The third-order valence-electron chi connectivity index (χ3n) is 4.89. The van der Waals surface area contributed by atoms with E-state index in [-0.39, 0.29) is 16.6 Å². The molecule has 0 aliphatic carbocycles. The largest absolute Gasteiger partial charge is 0.593 e. The predicted molar refractivity (Wildman–Crippen MR) is 85.9 cm³/mol. The second-order valence-electron chi connectivity index (χ2n) is 6.30. The topological polar surface area (TPSA) is 98.5 Å². The van der Waals surface area contributed by atoms with Crippen LogP contribution in [0.1, 0.15) is 23.4 Å². The van der Waals surface area contributed by atoms with Crippen LogP contribution in [0.25, 0.3) is 0 Å². The molecule has 1 amide bonds. The fourth-order valence-corrected chi connectivity index (χ4v) is 5.67. The van der Waals surface area contributed by atoms with Crippen LogP contribution >= 0.6 is 0 Å². The summed E-state index contributed by atoms with van der Waals surface area (Å²) in [6, 6.07) is 7.47. The van der Waals surface area contributed by atoms with Gasteiger partial charge in [-0.25, -0.2) is 0 Å². The number of amides is 1. The van der Waals surface area contributed by atoms with E-state index in [1.165, 1.54) is 4.31 Å². The average molecular weight is 347 g/mol. The van der Waals surface area contributed by atoms with Crippen LogP contribution in [0.2, 0.25) is 0 Å². The number of fused-ring (bicyclic) bond motifs is 1. The zero-order chi connectivity index (χ0) is 17.1. The molecule has 0 bridgehead atoms. The van der Waals surface area contributed by atoms with E-state index in [9.17, 15) is 13.6 Å². The molecule has 1 fully saturated rings. The molecule has 0 saturated carbocycles. The van der Waals surface area contributed by atoms with E-state index in [0.717, 1.165) is 11.3 Å². The van der Waals surface area contributed by atoms with Crippen molar-refractivity contribution in [2.75, 3.05) is 11.9 Å². The first kappa shape index (κ1) is 15.5. The lowest BCUT2D eigenvalue weighted by atomic mass is 9.78. The number of benzene rings is 1. The molecule has 4 rings (SSSR count). The van der Waals surface area contributed by atoms with E-state index in [1.54, 1.807) is 13.8 Å². The van der Waals surface area contributed by atoms with Gasteiger partial charge >= 0.3 is 0 Å². The number of carbonyl (C=O) groups excluding carboxylic acids is 1. The first-order valence-electron chi connectivity index (χ1n) is 7.71. The van der Waals surface area contributed by atoms with Gasteiger partial charge < -0.3 is 14.4 Å². The van der Waals surface area contributed by atoms with Crippen molar-refractivity contribution in [2.45, 2.75) is 37.1 Å². The third-order valence-corrected chi connectivity index (χ3v) is 7.10. The van der Waals surface area contributed by atoms with Crippen LogP contribution < -0.4 is 5.32 Å². The fraction of sp³-hybridized carbons (Fsp3) is 0.375. The SMILES string of the molecule is Cc1noc(C)c1[S+](=O)([O-])N1CCC12Cc1ccccc1NC2=O. The number of nitrogens with zero attached hydrogens (tertiary/aromatic N) is 2. The summed E-state index contributed by atoms with van der Waals surface area (Å²) in [5.74, 6) is -0.0334. The van der Waals surface area contributed by atoms with Crippen molar-refractivity contribution >= 4 is 22.0 Å². The van der Waals surface area contributed by atoms with Gasteiger partial charge in [0.1, 0.15) is 5.69 Å². The van der Waals surface area contributed by atoms with Crippen molar-refractivity contribution in [1.82, 2.24) is 9.46 Å². The van der Waals surface area contributed by atoms with Gasteiger partial charge in [-0.1, -0.05) is 27.6 Å². The monoisotopic (exact) mass is 347 g/mol. The summed E-state index contributed by atoms with van der Waals surface area (Å²) in [5.41, 5.74) is 0.931. The van der Waals surface area contributed by atoms with Gasteiger partial charge in [0.25, 0.3) is 0 Å². The number of anilines is 1. The zero-order valence-corrected chi connectivity index (χ0v) is 14.2. The molecule has 1 spiro atoms. The third kappa shape index (κ3) is 1.93. The van der Waals surface area contributed by atoms with Crippen molar-refractivity contribution in [2.24, 2.45) is 0 Å². The molecule has 3 heterocycles. The van der Waals surface area contributed by atoms with E-state index in [2.05, 4.69) is 10.5 Å². The van der Waals surface area contributed by atoms with Crippen LogP contribution in [0.15, 0.2) is 33.7 Å². The molecule has 0 radical (unpaired) electrons. The number of para-hydroxylation sites is 1. The Morgan fingerprint density at radius 1 is 1.38 bits per heavy atom. The standard InChI is InChI=1S/C16H17N3O4S/c1-10-14(11(2)23-18-10)24(21,22)19-8-7-16(19)9-12-5-3-4-6-13(12)17-15(16)20/h3-6H,7-9H2,1-2H3,(H-,17,20,21,22). The Morgan fingerprint density at radius 3 is 2.75 bits per heavy atom. The number of sulfonamides is 1. The minimum atomic E-state index is -3.85. The molecule has 7 nitrogen and oxygen atoms in total. The summed E-state index contributed by atoms with van der Waals surface area (Å²) in [5, 5.41) is 6.58. The van der Waals surface area contributed by atoms with Gasteiger partial charge in [-0.15, -0.1) is 4.31 Å². The molecular weight excluding hydrogens is 330 g/mol. The van der Waals surface area contributed by atoms with Gasteiger partial charge in [-0.3, -0.25) is 4.79 Å². The van der Waals surface area contributed by atoms with Gasteiger partial charge in [0.15, 0.2) is 21.7 Å². The lowest BCUT2D eigenvalue weighted by Gasteiger charge is -2.51. The Labute approximate surface area is 140 Å². The zero-order valence-electron chi connectivity index (χ0n) is 13.4. The van der Waals surface area contributed by atoms with Gasteiger partial charge in [0.2, 0.25) is 10.8 Å². The van der Waals surface area contributed by atoms with Crippen molar-refractivity contribution in [1.29, 1.82) is 0 Å². The Bertz CT molecular complexity index is 874.